The van der Waals surface area contributed by atoms with Crippen LogP contribution in [0.25, 0.3) is 0 Å². The smallest absolute Gasteiger partial charge is 0.223 e. The summed E-state index contributed by atoms with van der Waals surface area (Å²) in [6.07, 6.45) is 0.788. The molecule has 1 atom stereocenters. The second-order valence-electron chi connectivity index (χ2n) is 5.95. The molecule has 2 aromatic rings. The average Bonchev–Trinajstić information content (AvgIpc) is 2.97. The Balaban J connectivity index is 1.59. The predicted molar refractivity (Wildman–Crippen MR) is 95.8 cm³/mol. The fraction of sp³-hybridized carbons (Fsp3) is 0.263. The van der Waals surface area contributed by atoms with E-state index in [1.165, 1.54) is 5.56 Å². The van der Waals surface area contributed by atoms with Crippen LogP contribution < -0.4 is 0 Å². The number of nitrogens with zero attached hydrogens (tertiary/aromatic N) is 1. The Hall–Kier alpha value is -1.84. The van der Waals surface area contributed by atoms with Gasteiger partial charge in [0.05, 0.1) is 10.0 Å². The molecule has 0 saturated carbocycles. The fourth-order valence-electron chi connectivity index (χ4n) is 2.99. The first-order valence-electron chi connectivity index (χ1n) is 7.85. The number of carbonyl (C=O) groups excluding carboxylic acids is 2. The molecule has 0 aromatic heterocycles. The molecule has 0 N–H and O–H groups in total. The van der Waals surface area contributed by atoms with Gasteiger partial charge in [-0.3, -0.25) is 9.59 Å². The van der Waals surface area contributed by atoms with Crippen LogP contribution in [0.2, 0.25) is 10.0 Å². The molecule has 1 fully saturated rings. The molecular weight excluding hydrogens is 345 g/mol. The summed E-state index contributed by atoms with van der Waals surface area (Å²) in [5.74, 6) is 0.272. The Kier molecular flexibility index (Phi) is 5.22. The van der Waals surface area contributed by atoms with Gasteiger partial charge in [0.1, 0.15) is 0 Å². The molecule has 1 heterocycles. The van der Waals surface area contributed by atoms with Crippen molar-refractivity contribution in [3.63, 3.8) is 0 Å². The minimum Gasteiger partial charge on any atom is -0.342 e. The Labute approximate surface area is 151 Å². The van der Waals surface area contributed by atoms with E-state index in [0.717, 1.165) is 0 Å². The lowest BCUT2D eigenvalue weighted by molar-refractivity contribution is -0.127. The fourth-order valence-corrected chi connectivity index (χ4v) is 3.29. The average molecular weight is 362 g/mol. The van der Waals surface area contributed by atoms with Gasteiger partial charge in [0, 0.05) is 37.4 Å². The van der Waals surface area contributed by atoms with Crippen LogP contribution in [0, 0.1) is 0 Å². The van der Waals surface area contributed by atoms with Gasteiger partial charge in [0.25, 0.3) is 0 Å². The molecule has 124 valence electrons. The SMILES string of the molecule is O=C(CCN1C[C@@H](c2ccccc2)CC1=O)c1ccc(Cl)c(Cl)c1. The van der Waals surface area contributed by atoms with E-state index in [0.29, 0.717) is 35.1 Å². The van der Waals surface area contributed by atoms with Crippen LogP contribution in [0.1, 0.15) is 34.7 Å². The van der Waals surface area contributed by atoms with Gasteiger partial charge >= 0.3 is 0 Å². The maximum atomic E-state index is 12.3. The van der Waals surface area contributed by atoms with Crippen molar-refractivity contribution < 1.29 is 9.59 Å². The first-order valence-corrected chi connectivity index (χ1v) is 8.61. The first kappa shape index (κ1) is 17.0. The largest absolute Gasteiger partial charge is 0.342 e. The maximum Gasteiger partial charge on any atom is 0.223 e. The van der Waals surface area contributed by atoms with Crippen molar-refractivity contribution in [2.24, 2.45) is 0 Å². The number of benzene rings is 2. The van der Waals surface area contributed by atoms with Crippen molar-refractivity contribution in [1.29, 1.82) is 0 Å². The van der Waals surface area contributed by atoms with Crippen LogP contribution >= 0.6 is 23.2 Å². The lowest BCUT2D eigenvalue weighted by Gasteiger charge is -2.16. The summed E-state index contributed by atoms with van der Waals surface area (Å²) < 4.78 is 0. The third kappa shape index (κ3) is 3.80. The van der Waals surface area contributed by atoms with E-state index in [9.17, 15) is 9.59 Å². The highest BCUT2D eigenvalue weighted by Crippen LogP contribution is 2.28. The number of Topliss-reactive ketones (excluding diaryl/α,β-unsaturated/α-hetero) is 1. The molecule has 0 spiro atoms. The summed E-state index contributed by atoms with van der Waals surface area (Å²) in [5.41, 5.74) is 1.69. The number of hydrogen-bond acceptors (Lipinski definition) is 2. The van der Waals surface area contributed by atoms with Gasteiger partial charge < -0.3 is 4.90 Å². The summed E-state index contributed by atoms with van der Waals surface area (Å²) in [7, 11) is 0. The van der Waals surface area contributed by atoms with Crippen molar-refractivity contribution in [2.75, 3.05) is 13.1 Å². The maximum absolute atomic E-state index is 12.3. The molecule has 0 bridgehead atoms. The number of ketones is 1. The molecule has 1 aliphatic rings. The Morgan fingerprint density at radius 1 is 1.08 bits per heavy atom. The van der Waals surface area contributed by atoms with Crippen molar-refractivity contribution in [1.82, 2.24) is 4.90 Å². The third-order valence-corrected chi connectivity index (χ3v) is 5.07. The molecule has 1 amide bonds. The van der Waals surface area contributed by atoms with E-state index in [-0.39, 0.29) is 24.0 Å². The predicted octanol–water partition coefficient (Wildman–Crippen LogP) is 4.58. The molecule has 5 heteroatoms. The van der Waals surface area contributed by atoms with Crippen molar-refractivity contribution in [2.45, 2.75) is 18.8 Å². The van der Waals surface area contributed by atoms with Gasteiger partial charge in [0.15, 0.2) is 5.78 Å². The third-order valence-electron chi connectivity index (χ3n) is 4.34. The minimum absolute atomic E-state index is 0.0375. The van der Waals surface area contributed by atoms with Gasteiger partial charge in [0.2, 0.25) is 5.91 Å². The Morgan fingerprint density at radius 3 is 2.54 bits per heavy atom. The number of likely N-dealkylation sites (tertiary alicyclic amines) is 1. The van der Waals surface area contributed by atoms with Crippen LogP contribution in [0.4, 0.5) is 0 Å². The number of halogens is 2. The van der Waals surface area contributed by atoms with E-state index >= 15 is 0 Å². The summed E-state index contributed by atoms with van der Waals surface area (Å²) in [4.78, 5) is 26.2. The zero-order valence-electron chi connectivity index (χ0n) is 13.0. The molecule has 0 unspecified atom stereocenters. The van der Waals surface area contributed by atoms with Gasteiger partial charge in [-0.25, -0.2) is 0 Å². The Morgan fingerprint density at radius 2 is 1.83 bits per heavy atom. The summed E-state index contributed by atoms with van der Waals surface area (Å²) in [5, 5.41) is 0.789. The van der Waals surface area contributed by atoms with E-state index in [1.807, 2.05) is 30.3 Å². The summed E-state index contributed by atoms with van der Waals surface area (Å²) >= 11 is 11.8. The van der Waals surface area contributed by atoms with Crippen LogP contribution in [0.15, 0.2) is 48.5 Å². The van der Waals surface area contributed by atoms with Crippen molar-refractivity contribution >= 4 is 34.9 Å². The van der Waals surface area contributed by atoms with Crippen LogP contribution in [-0.4, -0.2) is 29.7 Å². The second kappa shape index (κ2) is 7.37. The minimum atomic E-state index is -0.0375. The molecule has 24 heavy (non-hydrogen) atoms. The van der Waals surface area contributed by atoms with E-state index in [1.54, 1.807) is 23.1 Å². The molecule has 3 rings (SSSR count). The molecule has 3 nitrogen and oxygen atoms in total. The van der Waals surface area contributed by atoms with Crippen LogP contribution in [-0.2, 0) is 4.79 Å². The standard InChI is InChI=1S/C19H17Cl2NO2/c20-16-7-6-14(10-17(16)21)18(23)8-9-22-12-15(11-19(22)24)13-4-2-1-3-5-13/h1-7,10,15H,8-9,11-12H2/t15-/m0/s1. The van der Waals surface area contributed by atoms with Crippen molar-refractivity contribution in [3.8, 4) is 0 Å². The second-order valence-corrected chi connectivity index (χ2v) is 6.77. The number of rotatable bonds is 5. The zero-order valence-corrected chi connectivity index (χ0v) is 14.6. The topological polar surface area (TPSA) is 37.4 Å². The molecule has 1 aliphatic heterocycles. The summed E-state index contributed by atoms with van der Waals surface area (Å²) in [6.45, 7) is 1.10. The quantitative estimate of drug-likeness (QED) is 0.730. The highest BCUT2D eigenvalue weighted by atomic mass is 35.5. The lowest BCUT2D eigenvalue weighted by atomic mass is 9.98. The normalized spacial score (nSPS) is 17.3. The van der Waals surface area contributed by atoms with E-state index < -0.39 is 0 Å². The highest BCUT2D eigenvalue weighted by Gasteiger charge is 2.30. The van der Waals surface area contributed by atoms with Gasteiger partial charge in [-0.15, -0.1) is 0 Å². The van der Waals surface area contributed by atoms with Gasteiger partial charge in [-0.1, -0.05) is 53.5 Å². The molecule has 0 aliphatic carbocycles. The highest BCUT2D eigenvalue weighted by molar-refractivity contribution is 6.42. The van der Waals surface area contributed by atoms with Gasteiger partial charge in [-0.05, 0) is 23.8 Å². The van der Waals surface area contributed by atoms with Crippen LogP contribution in [0.3, 0.4) is 0 Å². The van der Waals surface area contributed by atoms with E-state index in [4.69, 9.17) is 23.2 Å². The van der Waals surface area contributed by atoms with Gasteiger partial charge in [-0.2, -0.15) is 0 Å². The summed E-state index contributed by atoms with van der Waals surface area (Å²) in [6, 6.07) is 14.9. The number of hydrogen-bond donors (Lipinski definition) is 0. The zero-order chi connectivity index (χ0) is 17.1. The van der Waals surface area contributed by atoms with Crippen molar-refractivity contribution in [3.05, 3.63) is 69.7 Å². The van der Waals surface area contributed by atoms with Crippen LogP contribution in [0.5, 0.6) is 0 Å². The molecule has 0 radical (unpaired) electrons. The molecular formula is C19H17Cl2NO2. The molecule has 2 aromatic carbocycles. The molecule has 1 saturated heterocycles. The Bertz CT molecular complexity index is 761. The van der Waals surface area contributed by atoms with E-state index in [2.05, 4.69) is 0 Å². The number of carbonyl (C=O) groups is 2. The monoisotopic (exact) mass is 361 g/mol. The lowest BCUT2D eigenvalue weighted by Crippen LogP contribution is -2.27. The number of amides is 1. The first-order chi connectivity index (χ1) is 11.5.